The van der Waals surface area contributed by atoms with E-state index in [1.165, 1.54) is 10.4 Å². The van der Waals surface area contributed by atoms with Crippen LogP contribution in [-0.4, -0.2) is 28.8 Å². The molecule has 1 aliphatic rings. The van der Waals surface area contributed by atoms with Crippen LogP contribution in [0.1, 0.15) is 10.4 Å². The van der Waals surface area contributed by atoms with Gasteiger partial charge in [-0.2, -0.15) is 5.10 Å². The van der Waals surface area contributed by atoms with Gasteiger partial charge in [-0.3, -0.25) is 5.43 Å². The molecule has 21 heavy (non-hydrogen) atoms. The molecule has 0 saturated carbocycles. The fourth-order valence-electron chi connectivity index (χ4n) is 2.41. The van der Waals surface area contributed by atoms with Gasteiger partial charge in [-0.1, -0.05) is 48.6 Å². The highest BCUT2D eigenvalue weighted by Crippen LogP contribution is 2.14. The third-order valence-corrected chi connectivity index (χ3v) is 4.70. The Morgan fingerprint density at radius 3 is 2.81 bits per heavy atom. The van der Waals surface area contributed by atoms with Gasteiger partial charge in [-0.25, -0.2) is 0 Å². The van der Waals surface area contributed by atoms with E-state index in [2.05, 4.69) is 57.2 Å². The highest BCUT2D eigenvalue weighted by Gasteiger charge is 2.25. The zero-order valence-electron chi connectivity index (χ0n) is 11.6. The molecule has 1 atom stereocenters. The first-order valence-electron chi connectivity index (χ1n) is 6.97. The lowest BCUT2D eigenvalue weighted by atomic mass is 10.1. The molecule has 0 spiro atoms. The van der Waals surface area contributed by atoms with Crippen molar-refractivity contribution in [2.24, 2.45) is 5.10 Å². The number of amidine groups is 1. The van der Waals surface area contributed by atoms with Gasteiger partial charge in [-0.05, 0) is 23.4 Å². The van der Waals surface area contributed by atoms with Crippen LogP contribution in [0.3, 0.4) is 0 Å². The van der Waals surface area contributed by atoms with Gasteiger partial charge in [0.2, 0.25) is 0 Å². The maximum Gasteiger partial charge on any atom is 0.145 e. The number of thiophene rings is 1. The molecule has 3 nitrogen and oxygen atoms in total. The van der Waals surface area contributed by atoms with E-state index in [1.54, 1.807) is 16.7 Å². The van der Waals surface area contributed by atoms with Crippen LogP contribution in [0.4, 0.5) is 0 Å². The Kier molecular flexibility index (Phi) is 4.62. The molecule has 1 aliphatic heterocycles. The van der Waals surface area contributed by atoms with E-state index in [0.29, 0.717) is 0 Å². The first kappa shape index (κ1) is 14.2. The lowest BCUT2D eigenvalue weighted by molar-refractivity contribution is 0.378. The molecule has 1 unspecified atom stereocenters. The van der Waals surface area contributed by atoms with Crippen LogP contribution in [0, 0.1) is 0 Å². The first-order chi connectivity index (χ1) is 10.4. The maximum atomic E-state index is 5.12. The molecule has 0 bridgehead atoms. The molecule has 2 aromatic rings. The molecule has 0 aliphatic carbocycles. The van der Waals surface area contributed by atoms with Crippen LogP contribution in [0.5, 0.6) is 0 Å². The number of thiocarbonyl (C=S) groups is 1. The van der Waals surface area contributed by atoms with Crippen LogP contribution in [0.15, 0.2) is 52.9 Å². The van der Waals surface area contributed by atoms with E-state index in [-0.39, 0.29) is 6.17 Å². The Balaban J connectivity index is 1.68. The minimum Gasteiger partial charge on any atom is -0.332 e. The van der Waals surface area contributed by atoms with Crippen molar-refractivity contribution in [3.63, 3.8) is 0 Å². The monoisotopic (exact) mass is 315 g/mol. The Morgan fingerprint density at radius 1 is 1.24 bits per heavy atom. The smallest absolute Gasteiger partial charge is 0.145 e. The van der Waals surface area contributed by atoms with Crippen LogP contribution in [-0.2, 0) is 12.8 Å². The van der Waals surface area contributed by atoms with Crippen LogP contribution in [0.2, 0.25) is 0 Å². The van der Waals surface area contributed by atoms with E-state index in [1.807, 2.05) is 6.07 Å². The number of nitrogens with one attached hydrogen (secondary N) is 1. The van der Waals surface area contributed by atoms with Gasteiger partial charge in [0, 0.05) is 23.2 Å². The third-order valence-electron chi connectivity index (χ3n) is 3.51. The van der Waals surface area contributed by atoms with E-state index in [0.717, 1.165) is 25.2 Å². The summed E-state index contributed by atoms with van der Waals surface area (Å²) in [5.74, 6) is 1.06. The van der Waals surface area contributed by atoms with Crippen molar-refractivity contribution in [2.45, 2.75) is 19.0 Å². The zero-order chi connectivity index (χ0) is 14.5. The number of rotatable bonds is 6. The minimum atomic E-state index is 0.0266. The van der Waals surface area contributed by atoms with Gasteiger partial charge >= 0.3 is 0 Å². The minimum absolute atomic E-state index is 0.0266. The summed E-state index contributed by atoms with van der Waals surface area (Å²) in [6.07, 6.45) is 1.88. The first-order valence-corrected chi connectivity index (χ1v) is 8.32. The molecule has 1 aromatic heterocycles. The molecule has 0 fully saturated rings. The van der Waals surface area contributed by atoms with Crippen molar-refractivity contribution in [2.75, 3.05) is 6.54 Å². The average Bonchev–Trinajstić information content (AvgIpc) is 3.16. The molecule has 3 rings (SSSR count). The third kappa shape index (κ3) is 3.49. The standard InChI is InChI=1S/C16H17N3S2/c20-12-16-18-17-15(11-13-5-2-1-3-6-13)19(16)9-8-14-7-4-10-21-14/h1-7,10,12,16,18H,8-9,11H2. The summed E-state index contributed by atoms with van der Waals surface area (Å²) in [4.78, 5) is 3.66. The molecular weight excluding hydrogens is 298 g/mol. The van der Waals surface area contributed by atoms with Gasteiger partial charge in [0.25, 0.3) is 0 Å². The predicted molar refractivity (Wildman–Crippen MR) is 92.9 cm³/mol. The largest absolute Gasteiger partial charge is 0.332 e. The Labute approximate surface area is 134 Å². The number of hydrogen-bond donors (Lipinski definition) is 1. The predicted octanol–water partition coefficient (Wildman–Crippen LogP) is 3.08. The fraction of sp³-hybridized carbons (Fsp3) is 0.250. The quantitative estimate of drug-likeness (QED) is 0.830. The SMILES string of the molecule is S=CC1NN=C(Cc2ccccc2)N1CCc1cccs1. The molecule has 0 radical (unpaired) electrons. The summed E-state index contributed by atoms with van der Waals surface area (Å²) >= 11 is 6.92. The summed E-state index contributed by atoms with van der Waals surface area (Å²) in [7, 11) is 0. The van der Waals surface area contributed by atoms with Crippen molar-refractivity contribution >= 4 is 34.8 Å². The average molecular weight is 315 g/mol. The zero-order valence-corrected chi connectivity index (χ0v) is 13.2. The molecule has 5 heteroatoms. The molecule has 1 aromatic carbocycles. The molecule has 1 N–H and O–H groups in total. The second-order valence-electron chi connectivity index (χ2n) is 4.92. The molecule has 108 valence electrons. The number of nitrogens with zero attached hydrogens (tertiary/aromatic N) is 2. The summed E-state index contributed by atoms with van der Waals surface area (Å²) in [6.45, 7) is 0.928. The Hall–Kier alpha value is -1.72. The topological polar surface area (TPSA) is 27.6 Å². The van der Waals surface area contributed by atoms with Crippen molar-refractivity contribution in [1.29, 1.82) is 0 Å². The van der Waals surface area contributed by atoms with Gasteiger partial charge in [0.15, 0.2) is 0 Å². The molecule has 0 amide bonds. The van der Waals surface area contributed by atoms with Crippen molar-refractivity contribution in [3.8, 4) is 0 Å². The van der Waals surface area contributed by atoms with E-state index in [9.17, 15) is 0 Å². The van der Waals surface area contributed by atoms with E-state index < -0.39 is 0 Å². The lowest BCUT2D eigenvalue weighted by Crippen LogP contribution is -2.42. The maximum absolute atomic E-state index is 5.12. The molecule has 0 saturated heterocycles. The van der Waals surface area contributed by atoms with E-state index >= 15 is 0 Å². The lowest BCUT2D eigenvalue weighted by Gasteiger charge is -2.24. The Bertz CT molecular complexity index is 608. The second kappa shape index (κ2) is 6.83. The van der Waals surface area contributed by atoms with Crippen LogP contribution >= 0.6 is 23.6 Å². The van der Waals surface area contributed by atoms with Gasteiger partial charge in [0.1, 0.15) is 12.0 Å². The van der Waals surface area contributed by atoms with Crippen LogP contribution in [0.25, 0.3) is 0 Å². The highest BCUT2D eigenvalue weighted by atomic mass is 32.1. The van der Waals surface area contributed by atoms with Crippen molar-refractivity contribution in [1.82, 2.24) is 10.3 Å². The molecule has 2 heterocycles. The number of hydrazone groups is 1. The summed E-state index contributed by atoms with van der Waals surface area (Å²) in [5.41, 5.74) is 4.38. The number of benzene rings is 1. The Morgan fingerprint density at radius 2 is 2.10 bits per heavy atom. The molecular formula is C16H17N3S2. The van der Waals surface area contributed by atoms with Crippen molar-refractivity contribution in [3.05, 3.63) is 58.3 Å². The highest BCUT2D eigenvalue weighted by molar-refractivity contribution is 7.79. The summed E-state index contributed by atoms with van der Waals surface area (Å²) < 4.78 is 0. The van der Waals surface area contributed by atoms with E-state index in [4.69, 9.17) is 12.2 Å². The van der Waals surface area contributed by atoms with Crippen molar-refractivity contribution < 1.29 is 0 Å². The second-order valence-corrected chi connectivity index (χ2v) is 6.23. The number of hydrogen-bond acceptors (Lipinski definition) is 5. The summed E-state index contributed by atoms with van der Waals surface area (Å²) in [6, 6.07) is 14.7. The van der Waals surface area contributed by atoms with Gasteiger partial charge in [0.05, 0.1) is 0 Å². The fourth-order valence-corrected chi connectivity index (χ4v) is 3.32. The van der Waals surface area contributed by atoms with Gasteiger partial charge < -0.3 is 4.90 Å². The van der Waals surface area contributed by atoms with Crippen LogP contribution < -0.4 is 5.43 Å². The summed E-state index contributed by atoms with van der Waals surface area (Å²) in [5, 5.41) is 8.33. The van der Waals surface area contributed by atoms with Gasteiger partial charge in [-0.15, -0.1) is 11.3 Å². The normalized spacial score (nSPS) is 17.4.